The fourth-order valence-electron chi connectivity index (χ4n) is 1.73. The van der Waals surface area contributed by atoms with E-state index >= 15 is 0 Å². The van der Waals surface area contributed by atoms with Gasteiger partial charge in [0, 0.05) is 18.4 Å². The standard InChI is InChI=1S/C12H14ClN3/c1-9(14)8-10-4-2-5-11(13)12(10)16-7-3-6-15-16/h2-7,9H,8,14H2,1H3. The predicted octanol–water partition coefficient (Wildman–Crippen LogP) is 2.42. The Bertz CT molecular complexity index is 463. The minimum absolute atomic E-state index is 0.104. The molecule has 4 heteroatoms. The molecule has 1 atom stereocenters. The van der Waals surface area contributed by atoms with Crippen LogP contribution in [0.3, 0.4) is 0 Å². The van der Waals surface area contributed by atoms with Gasteiger partial charge < -0.3 is 5.73 Å². The number of hydrogen-bond acceptors (Lipinski definition) is 2. The van der Waals surface area contributed by atoms with Crippen LogP contribution in [0.15, 0.2) is 36.7 Å². The summed E-state index contributed by atoms with van der Waals surface area (Å²) in [7, 11) is 0. The molecule has 0 aliphatic carbocycles. The third-order valence-electron chi connectivity index (χ3n) is 2.35. The number of hydrogen-bond donors (Lipinski definition) is 1. The van der Waals surface area contributed by atoms with Gasteiger partial charge >= 0.3 is 0 Å². The number of para-hydroxylation sites is 1. The molecular weight excluding hydrogens is 222 g/mol. The lowest BCUT2D eigenvalue weighted by Crippen LogP contribution is -2.19. The number of rotatable bonds is 3. The summed E-state index contributed by atoms with van der Waals surface area (Å²) in [4.78, 5) is 0. The van der Waals surface area contributed by atoms with Gasteiger partial charge in [0.2, 0.25) is 0 Å². The van der Waals surface area contributed by atoms with Crippen LogP contribution in [0.1, 0.15) is 12.5 Å². The van der Waals surface area contributed by atoms with Crippen molar-refractivity contribution in [3.8, 4) is 5.69 Å². The average molecular weight is 236 g/mol. The highest BCUT2D eigenvalue weighted by Crippen LogP contribution is 2.24. The molecular formula is C12H14ClN3. The zero-order valence-corrected chi connectivity index (χ0v) is 9.85. The SMILES string of the molecule is CC(N)Cc1cccc(Cl)c1-n1cccn1. The minimum Gasteiger partial charge on any atom is -0.328 e. The van der Waals surface area contributed by atoms with E-state index in [0.717, 1.165) is 17.7 Å². The van der Waals surface area contributed by atoms with Crippen molar-refractivity contribution in [2.45, 2.75) is 19.4 Å². The molecule has 1 aromatic carbocycles. The molecule has 2 rings (SSSR count). The Hall–Kier alpha value is -1.32. The Morgan fingerprint density at radius 3 is 2.88 bits per heavy atom. The average Bonchev–Trinajstić information content (AvgIpc) is 2.69. The molecule has 1 heterocycles. The molecule has 1 unspecified atom stereocenters. The molecule has 0 saturated carbocycles. The molecule has 0 aliphatic rings. The van der Waals surface area contributed by atoms with Crippen LogP contribution in [0.4, 0.5) is 0 Å². The molecule has 16 heavy (non-hydrogen) atoms. The summed E-state index contributed by atoms with van der Waals surface area (Å²) in [5, 5.41) is 4.90. The largest absolute Gasteiger partial charge is 0.328 e. The molecule has 0 radical (unpaired) electrons. The number of nitrogens with zero attached hydrogens (tertiary/aromatic N) is 2. The maximum Gasteiger partial charge on any atom is 0.0864 e. The molecule has 0 aliphatic heterocycles. The fraction of sp³-hybridized carbons (Fsp3) is 0.250. The molecule has 3 nitrogen and oxygen atoms in total. The van der Waals surface area contributed by atoms with E-state index in [-0.39, 0.29) is 6.04 Å². The van der Waals surface area contributed by atoms with Gasteiger partial charge in [0.05, 0.1) is 10.7 Å². The topological polar surface area (TPSA) is 43.8 Å². The van der Waals surface area contributed by atoms with Crippen LogP contribution in [0.25, 0.3) is 5.69 Å². The Kier molecular flexibility index (Phi) is 3.27. The first-order valence-corrected chi connectivity index (χ1v) is 5.59. The lowest BCUT2D eigenvalue weighted by Gasteiger charge is -2.13. The third-order valence-corrected chi connectivity index (χ3v) is 2.65. The van der Waals surface area contributed by atoms with E-state index in [1.807, 2.05) is 37.4 Å². The summed E-state index contributed by atoms with van der Waals surface area (Å²) in [5.74, 6) is 0. The number of halogens is 1. The summed E-state index contributed by atoms with van der Waals surface area (Å²) in [6.07, 6.45) is 4.40. The molecule has 84 valence electrons. The highest BCUT2D eigenvalue weighted by molar-refractivity contribution is 6.32. The molecule has 0 saturated heterocycles. The van der Waals surface area contributed by atoms with E-state index < -0.39 is 0 Å². The summed E-state index contributed by atoms with van der Waals surface area (Å²) in [6, 6.07) is 7.81. The Balaban J connectivity index is 2.49. The van der Waals surface area contributed by atoms with Crippen molar-refractivity contribution in [1.29, 1.82) is 0 Å². The monoisotopic (exact) mass is 235 g/mol. The maximum absolute atomic E-state index is 6.20. The summed E-state index contributed by atoms with van der Waals surface area (Å²) in [5.41, 5.74) is 7.86. The van der Waals surface area contributed by atoms with Gasteiger partial charge in [-0.25, -0.2) is 4.68 Å². The van der Waals surface area contributed by atoms with E-state index in [9.17, 15) is 0 Å². The second-order valence-electron chi connectivity index (χ2n) is 3.88. The molecule has 2 N–H and O–H groups in total. The second-order valence-corrected chi connectivity index (χ2v) is 4.29. The van der Waals surface area contributed by atoms with Crippen LogP contribution in [-0.4, -0.2) is 15.8 Å². The first-order valence-electron chi connectivity index (χ1n) is 5.21. The van der Waals surface area contributed by atoms with Crippen LogP contribution >= 0.6 is 11.6 Å². The summed E-state index contributed by atoms with van der Waals surface area (Å²) in [6.45, 7) is 1.98. The van der Waals surface area contributed by atoms with Gasteiger partial charge in [-0.2, -0.15) is 5.10 Å². The van der Waals surface area contributed by atoms with Crippen molar-refractivity contribution in [3.63, 3.8) is 0 Å². The van der Waals surface area contributed by atoms with Gasteiger partial charge in [-0.15, -0.1) is 0 Å². The Morgan fingerprint density at radius 1 is 1.44 bits per heavy atom. The molecule has 1 aromatic heterocycles. The van der Waals surface area contributed by atoms with Gasteiger partial charge in [-0.3, -0.25) is 0 Å². The molecule has 2 aromatic rings. The number of benzene rings is 1. The fourth-order valence-corrected chi connectivity index (χ4v) is 2.01. The summed E-state index contributed by atoms with van der Waals surface area (Å²) >= 11 is 6.20. The highest BCUT2D eigenvalue weighted by atomic mass is 35.5. The van der Waals surface area contributed by atoms with Crippen LogP contribution < -0.4 is 5.73 Å². The van der Waals surface area contributed by atoms with E-state index in [0.29, 0.717) is 5.02 Å². The van der Waals surface area contributed by atoms with Crippen LogP contribution in [-0.2, 0) is 6.42 Å². The molecule has 0 bridgehead atoms. The van der Waals surface area contributed by atoms with E-state index in [2.05, 4.69) is 5.10 Å². The lowest BCUT2D eigenvalue weighted by molar-refractivity contribution is 0.727. The Labute approximate surface area is 99.8 Å². The normalized spacial score (nSPS) is 12.7. The van der Waals surface area contributed by atoms with Crippen molar-refractivity contribution in [2.24, 2.45) is 5.73 Å². The quantitative estimate of drug-likeness (QED) is 0.888. The first-order chi connectivity index (χ1) is 7.68. The van der Waals surface area contributed by atoms with Gasteiger partial charge in [0.15, 0.2) is 0 Å². The second kappa shape index (κ2) is 4.68. The van der Waals surface area contributed by atoms with Crippen LogP contribution in [0.5, 0.6) is 0 Å². The van der Waals surface area contributed by atoms with Gasteiger partial charge in [-0.1, -0.05) is 23.7 Å². The van der Waals surface area contributed by atoms with Crippen molar-refractivity contribution in [2.75, 3.05) is 0 Å². The highest BCUT2D eigenvalue weighted by Gasteiger charge is 2.10. The van der Waals surface area contributed by atoms with Gasteiger partial charge in [0.1, 0.15) is 0 Å². The Morgan fingerprint density at radius 2 is 2.25 bits per heavy atom. The molecule has 0 fully saturated rings. The van der Waals surface area contributed by atoms with Crippen LogP contribution in [0, 0.1) is 0 Å². The zero-order chi connectivity index (χ0) is 11.5. The number of nitrogens with two attached hydrogens (primary N) is 1. The zero-order valence-electron chi connectivity index (χ0n) is 9.10. The summed E-state index contributed by atoms with van der Waals surface area (Å²) < 4.78 is 1.78. The van der Waals surface area contributed by atoms with Crippen LogP contribution in [0.2, 0.25) is 5.02 Å². The lowest BCUT2D eigenvalue weighted by atomic mass is 10.1. The first kappa shape index (κ1) is 11.2. The van der Waals surface area contributed by atoms with Crippen molar-refractivity contribution in [3.05, 3.63) is 47.2 Å². The minimum atomic E-state index is 0.104. The van der Waals surface area contributed by atoms with Gasteiger partial charge in [-0.05, 0) is 31.0 Å². The van der Waals surface area contributed by atoms with Crippen molar-refractivity contribution >= 4 is 11.6 Å². The van der Waals surface area contributed by atoms with E-state index in [1.165, 1.54) is 0 Å². The molecule has 0 amide bonds. The van der Waals surface area contributed by atoms with E-state index in [1.54, 1.807) is 10.9 Å². The third kappa shape index (κ3) is 2.26. The van der Waals surface area contributed by atoms with E-state index in [4.69, 9.17) is 17.3 Å². The van der Waals surface area contributed by atoms with Crippen molar-refractivity contribution < 1.29 is 0 Å². The maximum atomic E-state index is 6.20. The van der Waals surface area contributed by atoms with Gasteiger partial charge in [0.25, 0.3) is 0 Å². The van der Waals surface area contributed by atoms with Crippen molar-refractivity contribution in [1.82, 2.24) is 9.78 Å². The smallest absolute Gasteiger partial charge is 0.0864 e. The number of aromatic nitrogens is 2. The molecule has 0 spiro atoms. The predicted molar refractivity (Wildman–Crippen MR) is 65.9 cm³/mol.